The van der Waals surface area contributed by atoms with Crippen molar-refractivity contribution in [2.45, 2.75) is 38.5 Å². The molecule has 4 heterocycles. The summed E-state index contributed by atoms with van der Waals surface area (Å²) in [5, 5.41) is 21.6. The van der Waals surface area contributed by atoms with Crippen LogP contribution in [0.3, 0.4) is 0 Å². The molecule has 0 fully saturated rings. The number of nitrogens with zero attached hydrogens (tertiary/aromatic N) is 6. The van der Waals surface area contributed by atoms with Crippen molar-refractivity contribution in [3.8, 4) is 87.3 Å². The first kappa shape index (κ1) is 34.7. The molecule has 0 atom stereocenters. The highest BCUT2D eigenvalue weighted by atomic mass is 32.1. The summed E-state index contributed by atoms with van der Waals surface area (Å²) < 4.78 is 0. The maximum absolute atomic E-state index is 5.08. The fraction of sp³-hybridized carbons (Fsp3) is 0.120. The topological polar surface area (TPSA) is 77.3 Å². The van der Waals surface area contributed by atoms with Crippen molar-refractivity contribution in [3.05, 3.63) is 168 Å². The molecule has 9 aromatic rings. The Kier molecular flexibility index (Phi) is 7.80. The summed E-state index contributed by atoms with van der Waals surface area (Å²) in [4.78, 5) is 10.2. The summed E-state index contributed by atoms with van der Waals surface area (Å²) in [7, 11) is 0. The summed E-state index contributed by atoms with van der Waals surface area (Å²) in [6.45, 7) is 9.22. The van der Waals surface area contributed by atoms with Gasteiger partial charge in [0, 0.05) is 33.1 Å². The van der Waals surface area contributed by atoms with E-state index in [1.165, 1.54) is 67.2 Å². The van der Waals surface area contributed by atoms with Gasteiger partial charge in [0.2, 0.25) is 0 Å². The summed E-state index contributed by atoms with van der Waals surface area (Å²) in [5.74, 6) is 0. The van der Waals surface area contributed by atoms with Gasteiger partial charge in [-0.05, 0) is 87.0 Å². The number of pyridine rings is 2. The van der Waals surface area contributed by atoms with Crippen LogP contribution in [0, 0.1) is 0 Å². The quantitative estimate of drug-likeness (QED) is 0.167. The van der Waals surface area contributed by atoms with Gasteiger partial charge in [-0.3, -0.25) is 0 Å². The van der Waals surface area contributed by atoms with Gasteiger partial charge in [0.1, 0.15) is 21.4 Å². The molecule has 0 saturated carbocycles. The van der Waals surface area contributed by atoms with E-state index in [4.69, 9.17) is 9.97 Å². The lowest BCUT2D eigenvalue weighted by molar-refractivity contribution is 0.660. The van der Waals surface area contributed by atoms with Gasteiger partial charge >= 0.3 is 0 Å². The monoisotopic (exact) mass is 784 g/mol. The van der Waals surface area contributed by atoms with Gasteiger partial charge in [-0.15, -0.1) is 20.4 Å². The Balaban J connectivity index is 0.843. The Morgan fingerprint density at radius 2 is 0.724 bits per heavy atom. The minimum atomic E-state index is -0.0740. The van der Waals surface area contributed by atoms with E-state index in [-0.39, 0.29) is 10.8 Å². The zero-order valence-corrected chi connectivity index (χ0v) is 34.0. The van der Waals surface area contributed by atoms with Gasteiger partial charge in [-0.1, -0.05) is 153 Å². The third kappa shape index (κ3) is 5.51. The van der Waals surface area contributed by atoms with Gasteiger partial charge in [-0.2, -0.15) is 0 Å². The van der Waals surface area contributed by atoms with Crippen LogP contribution >= 0.6 is 22.7 Å². The standard InChI is InChI=1S/C50H36N6S2/c1-49(2)37-16-7-5-14-33(37)35-24-22-29(27-39(35)49)41-18-10-20-43(51-41)47-55-53-45(57-47)31-12-9-13-32(26-31)46-54-56-48(58-46)44-21-11-19-42(52-44)30-23-25-36-34-15-6-8-17-38(34)50(3,4)40(36)28-30/h5-28H,1-4H3. The largest absolute Gasteiger partial charge is 0.245 e. The fourth-order valence-electron chi connectivity index (χ4n) is 8.83. The van der Waals surface area contributed by atoms with E-state index in [0.29, 0.717) is 0 Å². The maximum Gasteiger partial charge on any atom is 0.166 e. The molecule has 0 bridgehead atoms. The van der Waals surface area contributed by atoms with Crippen LogP contribution < -0.4 is 0 Å². The van der Waals surface area contributed by atoms with Gasteiger partial charge in [-0.25, -0.2) is 9.97 Å². The molecule has 2 aliphatic carbocycles. The second-order valence-corrected chi connectivity index (χ2v) is 18.0. The summed E-state index contributed by atoms with van der Waals surface area (Å²) in [5.41, 5.74) is 18.0. The molecule has 11 rings (SSSR count). The number of rotatable bonds is 6. The summed E-state index contributed by atoms with van der Waals surface area (Å²) in [6, 6.07) is 51.4. The van der Waals surface area contributed by atoms with Crippen LogP contribution in [0.15, 0.2) is 146 Å². The molecular formula is C50H36N6S2. The molecule has 278 valence electrons. The Hall–Kier alpha value is -6.48. The van der Waals surface area contributed by atoms with Crippen molar-refractivity contribution < 1.29 is 0 Å². The van der Waals surface area contributed by atoms with Crippen LogP contribution in [0.1, 0.15) is 49.9 Å². The predicted molar refractivity (Wildman–Crippen MR) is 237 cm³/mol. The Labute approximate surface area is 345 Å². The highest BCUT2D eigenvalue weighted by molar-refractivity contribution is 7.18. The number of benzene rings is 5. The first-order valence-corrected chi connectivity index (χ1v) is 21.1. The molecule has 0 spiro atoms. The van der Waals surface area contributed by atoms with Crippen molar-refractivity contribution in [2.24, 2.45) is 0 Å². The van der Waals surface area contributed by atoms with E-state index in [1.54, 1.807) is 0 Å². The molecule has 0 aliphatic heterocycles. The molecule has 5 aromatic carbocycles. The summed E-state index contributed by atoms with van der Waals surface area (Å²) in [6.07, 6.45) is 0. The minimum Gasteiger partial charge on any atom is -0.245 e. The van der Waals surface area contributed by atoms with E-state index in [1.807, 2.05) is 18.2 Å². The molecule has 8 heteroatoms. The highest BCUT2D eigenvalue weighted by Crippen LogP contribution is 2.51. The van der Waals surface area contributed by atoms with Crippen LogP contribution in [0.25, 0.3) is 87.3 Å². The van der Waals surface area contributed by atoms with Crippen LogP contribution in [-0.4, -0.2) is 30.4 Å². The lowest BCUT2D eigenvalue weighted by Crippen LogP contribution is -2.14. The lowest BCUT2D eigenvalue weighted by Gasteiger charge is -2.21. The van der Waals surface area contributed by atoms with Gasteiger partial charge in [0.15, 0.2) is 10.0 Å². The van der Waals surface area contributed by atoms with Crippen LogP contribution in [0.5, 0.6) is 0 Å². The van der Waals surface area contributed by atoms with E-state index < -0.39 is 0 Å². The zero-order valence-electron chi connectivity index (χ0n) is 32.4. The molecule has 4 aromatic heterocycles. The Morgan fingerprint density at radius 3 is 1.21 bits per heavy atom. The fourth-order valence-corrected chi connectivity index (χ4v) is 10.4. The minimum absolute atomic E-state index is 0.0740. The second-order valence-electron chi connectivity index (χ2n) is 16.1. The van der Waals surface area contributed by atoms with Crippen molar-refractivity contribution in [1.82, 2.24) is 30.4 Å². The average Bonchev–Trinajstić information content (AvgIpc) is 4.06. The molecule has 58 heavy (non-hydrogen) atoms. The van der Waals surface area contributed by atoms with E-state index in [2.05, 4.69) is 175 Å². The number of aromatic nitrogens is 6. The second kappa shape index (κ2) is 13.0. The van der Waals surface area contributed by atoms with E-state index >= 15 is 0 Å². The van der Waals surface area contributed by atoms with Gasteiger partial charge < -0.3 is 0 Å². The molecular weight excluding hydrogens is 749 g/mol. The average molecular weight is 785 g/mol. The molecule has 0 N–H and O–H groups in total. The Bertz CT molecular complexity index is 2900. The van der Waals surface area contributed by atoms with Gasteiger partial charge in [0.05, 0.1) is 11.4 Å². The van der Waals surface area contributed by atoms with Crippen LogP contribution in [0.2, 0.25) is 0 Å². The summed E-state index contributed by atoms with van der Waals surface area (Å²) >= 11 is 3.07. The molecule has 6 nitrogen and oxygen atoms in total. The molecule has 0 radical (unpaired) electrons. The molecule has 0 amide bonds. The third-order valence-corrected chi connectivity index (χ3v) is 13.9. The third-order valence-electron chi connectivity index (χ3n) is 11.9. The lowest BCUT2D eigenvalue weighted by atomic mass is 9.82. The number of hydrogen-bond acceptors (Lipinski definition) is 8. The first-order chi connectivity index (χ1) is 28.2. The predicted octanol–water partition coefficient (Wildman–Crippen LogP) is 12.8. The SMILES string of the molecule is CC1(C)c2ccccc2-c2ccc(-c3cccc(-c4nnc(-c5cccc(-c6nnc(-c7cccc(-c8ccc9c(c8)C(C)(C)c8ccccc8-9)n7)s6)c5)s4)n3)cc21. The van der Waals surface area contributed by atoms with Gasteiger partial charge in [0.25, 0.3) is 0 Å². The smallest absolute Gasteiger partial charge is 0.166 e. The molecule has 0 saturated heterocycles. The van der Waals surface area contributed by atoms with Crippen LogP contribution in [0.4, 0.5) is 0 Å². The zero-order chi connectivity index (χ0) is 39.2. The molecule has 2 aliphatic rings. The molecule has 0 unspecified atom stereocenters. The van der Waals surface area contributed by atoms with E-state index in [0.717, 1.165) is 65.1 Å². The number of fused-ring (bicyclic) bond motifs is 6. The Morgan fingerprint density at radius 1 is 0.328 bits per heavy atom. The van der Waals surface area contributed by atoms with Crippen molar-refractivity contribution in [3.63, 3.8) is 0 Å². The number of hydrogen-bond donors (Lipinski definition) is 0. The van der Waals surface area contributed by atoms with Crippen molar-refractivity contribution >= 4 is 22.7 Å². The normalized spacial score (nSPS) is 14.1. The van der Waals surface area contributed by atoms with Crippen molar-refractivity contribution in [2.75, 3.05) is 0 Å². The maximum atomic E-state index is 5.08. The highest BCUT2D eigenvalue weighted by Gasteiger charge is 2.36. The van der Waals surface area contributed by atoms with E-state index in [9.17, 15) is 0 Å². The first-order valence-electron chi connectivity index (χ1n) is 19.4. The van der Waals surface area contributed by atoms with Crippen LogP contribution in [-0.2, 0) is 10.8 Å². The van der Waals surface area contributed by atoms with Crippen molar-refractivity contribution in [1.29, 1.82) is 0 Å².